The second-order valence-corrected chi connectivity index (χ2v) is 9.73. The molecule has 0 aliphatic carbocycles. The number of rotatable bonds is 9. The van der Waals surface area contributed by atoms with Crippen LogP contribution in [0, 0.1) is 0 Å². The molecule has 196 valence electrons. The Morgan fingerprint density at radius 2 is 2.03 bits per heavy atom. The van der Waals surface area contributed by atoms with Gasteiger partial charge in [-0.2, -0.15) is 0 Å². The first-order valence-corrected chi connectivity index (χ1v) is 12.6. The number of nitrogens with zero attached hydrogens (tertiary/aromatic N) is 5. The zero-order valence-electron chi connectivity index (χ0n) is 20.6. The van der Waals surface area contributed by atoms with Crippen molar-refractivity contribution in [1.29, 1.82) is 0 Å². The monoisotopic (exact) mass is 528 g/mol. The number of ether oxygens (including phenoxy) is 1. The third-order valence-corrected chi connectivity index (χ3v) is 7.27. The number of hydrogen-bond donors (Lipinski definition) is 3. The molecule has 2 atom stereocenters. The van der Waals surface area contributed by atoms with Gasteiger partial charge in [-0.3, -0.25) is 9.10 Å². The van der Waals surface area contributed by atoms with Gasteiger partial charge in [-0.1, -0.05) is 0 Å². The van der Waals surface area contributed by atoms with Gasteiger partial charge in [-0.15, -0.1) is 0 Å². The van der Waals surface area contributed by atoms with E-state index in [9.17, 15) is 23.1 Å². The van der Waals surface area contributed by atoms with E-state index in [1.54, 1.807) is 55.5 Å². The van der Waals surface area contributed by atoms with Gasteiger partial charge in [-0.25, -0.2) is 23.2 Å². The third kappa shape index (κ3) is 5.07. The Morgan fingerprint density at radius 1 is 1.27 bits per heavy atom. The van der Waals surface area contributed by atoms with E-state index in [4.69, 9.17) is 10.5 Å². The average Bonchev–Trinajstić information content (AvgIpc) is 3.22. The Bertz CT molecular complexity index is 1400. The van der Waals surface area contributed by atoms with Gasteiger partial charge in [0.1, 0.15) is 29.5 Å². The summed E-state index contributed by atoms with van der Waals surface area (Å²) in [5.41, 5.74) is 6.76. The normalized spacial score (nSPS) is 16.3. The molecule has 13 heteroatoms. The van der Waals surface area contributed by atoms with Gasteiger partial charge >= 0.3 is 5.97 Å². The van der Waals surface area contributed by atoms with Crippen molar-refractivity contribution in [3.05, 3.63) is 48.3 Å². The maximum atomic E-state index is 13.4. The average molecular weight is 529 g/mol. The van der Waals surface area contributed by atoms with Crippen LogP contribution < -0.4 is 19.7 Å². The first-order chi connectivity index (χ1) is 17.6. The van der Waals surface area contributed by atoms with Crippen molar-refractivity contribution < 1.29 is 27.9 Å². The molecule has 2 aromatic heterocycles. The fraction of sp³-hybridized carbons (Fsp3) is 0.333. The van der Waals surface area contributed by atoms with Crippen molar-refractivity contribution in [2.45, 2.75) is 24.9 Å². The number of aromatic nitrogens is 2. The number of anilines is 3. The zero-order chi connectivity index (χ0) is 26.9. The quantitative estimate of drug-likeness (QED) is 0.341. The second kappa shape index (κ2) is 10.5. The number of thiol groups is 1. The molecule has 1 fully saturated rings. The van der Waals surface area contributed by atoms with E-state index >= 15 is 0 Å². The summed E-state index contributed by atoms with van der Waals surface area (Å²) in [5.74, 6) is -0.443. The lowest BCUT2D eigenvalue weighted by Gasteiger charge is -2.28. The number of carboxylic acid groups (broad SMARTS) is 1. The van der Waals surface area contributed by atoms with E-state index in [0.717, 1.165) is 9.69 Å². The number of carboxylic acids is 1. The van der Waals surface area contributed by atoms with Crippen LogP contribution in [0.5, 0.6) is 5.75 Å². The van der Waals surface area contributed by atoms with Crippen LogP contribution >= 0.6 is 0 Å². The third-order valence-electron chi connectivity index (χ3n) is 6.41. The number of hydrogen-bond acceptors (Lipinski definition) is 9. The molecule has 1 aliphatic rings. The Labute approximate surface area is 215 Å². The number of methoxy groups -OCH3 is 1. The number of aliphatic carboxylic acids is 1. The second-order valence-electron chi connectivity index (χ2n) is 8.83. The minimum Gasteiger partial charge on any atom is -0.496 e. The summed E-state index contributed by atoms with van der Waals surface area (Å²) in [5, 5.41) is 11.5. The van der Waals surface area contributed by atoms with Crippen LogP contribution in [0.2, 0.25) is 0 Å². The number of pyridine rings is 2. The molecule has 1 saturated heterocycles. The highest BCUT2D eigenvalue weighted by Crippen LogP contribution is 2.32. The van der Waals surface area contributed by atoms with Crippen LogP contribution in [-0.4, -0.2) is 80.1 Å². The SMILES string of the molecule is COc1cc2c(N)nccc2cc1C[C@H](C(=O)O)N1CC[C@H](N(c2ccc(N(C)C)nc2)[SH](=O)=O)C1=O. The van der Waals surface area contributed by atoms with Gasteiger partial charge in [0.15, 0.2) is 0 Å². The molecule has 1 amide bonds. The molecule has 1 aliphatic heterocycles. The molecular formula is C24H28N6O6S. The lowest BCUT2D eigenvalue weighted by atomic mass is 10.00. The first-order valence-electron chi connectivity index (χ1n) is 11.4. The van der Waals surface area contributed by atoms with Gasteiger partial charge in [0, 0.05) is 38.6 Å². The molecule has 3 heterocycles. The number of carbonyl (C=O) groups excluding carboxylic acids is 1. The van der Waals surface area contributed by atoms with Crippen molar-refractivity contribution in [2.24, 2.45) is 0 Å². The molecule has 37 heavy (non-hydrogen) atoms. The summed E-state index contributed by atoms with van der Waals surface area (Å²) >= 11 is 0. The highest BCUT2D eigenvalue weighted by molar-refractivity contribution is 7.74. The number of nitrogens with two attached hydrogens (primary N) is 1. The van der Waals surface area contributed by atoms with Crippen LogP contribution in [-0.2, 0) is 26.9 Å². The number of nitrogen functional groups attached to an aromatic ring is 1. The largest absolute Gasteiger partial charge is 0.496 e. The Balaban J connectivity index is 1.63. The highest BCUT2D eigenvalue weighted by Gasteiger charge is 2.43. The number of likely N-dealkylation sites (tertiary alicyclic amines) is 1. The minimum absolute atomic E-state index is 0.0439. The topological polar surface area (TPSA) is 159 Å². The molecule has 0 bridgehead atoms. The van der Waals surface area contributed by atoms with Crippen molar-refractivity contribution in [3.8, 4) is 5.75 Å². The summed E-state index contributed by atoms with van der Waals surface area (Å²) in [6, 6.07) is 6.11. The van der Waals surface area contributed by atoms with Crippen LogP contribution in [0.25, 0.3) is 10.8 Å². The lowest BCUT2D eigenvalue weighted by Crippen LogP contribution is -2.48. The van der Waals surface area contributed by atoms with E-state index in [0.29, 0.717) is 28.3 Å². The maximum absolute atomic E-state index is 13.4. The molecule has 0 unspecified atom stereocenters. The summed E-state index contributed by atoms with van der Waals surface area (Å²) < 4.78 is 30.8. The van der Waals surface area contributed by atoms with Crippen LogP contribution in [0.15, 0.2) is 42.7 Å². The predicted octanol–water partition coefficient (Wildman–Crippen LogP) is 0.916. The van der Waals surface area contributed by atoms with Gasteiger partial charge in [0.2, 0.25) is 16.8 Å². The van der Waals surface area contributed by atoms with Crippen molar-refractivity contribution >= 4 is 50.9 Å². The molecular weight excluding hydrogens is 500 g/mol. The van der Waals surface area contributed by atoms with Crippen LogP contribution in [0.4, 0.5) is 17.3 Å². The number of amides is 1. The standard InChI is InChI=1S/C24H28N6O6S/c1-28(2)21-5-4-16(13-27-21)30(37(34)35)18-7-9-29(23(18)31)19(24(32)33)11-15-10-14-6-8-26-22(25)17(14)12-20(15)36-3/h4-6,8,10,12-13,18-19,37H,7,9,11H2,1-3H3,(H2,25,26)(H,32,33)/t18-,19+/m0/s1. The number of fused-ring (bicyclic) bond motifs is 1. The van der Waals surface area contributed by atoms with E-state index in [2.05, 4.69) is 9.97 Å². The lowest BCUT2D eigenvalue weighted by molar-refractivity contribution is -0.148. The molecule has 3 N–H and O–H groups in total. The van der Waals surface area contributed by atoms with E-state index in [-0.39, 0.29) is 25.1 Å². The Kier molecular flexibility index (Phi) is 7.34. The molecule has 4 rings (SSSR count). The van der Waals surface area contributed by atoms with Crippen molar-refractivity contribution in [1.82, 2.24) is 14.9 Å². The van der Waals surface area contributed by atoms with Crippen LogP contribution in [0.3, 0.4) is 0 Å². The predicted molar refractivity (Wildman–Crippen MR) is 139 cm³/mol. The fourth-order valence-electron chi connectivity index (χ4n) is 4.55. The molecule has 0 radical (unpaired) electrons. The summed E-state index contributed by atoms with van der Waals surface area (Å²) in [7, 11) is 1.87. The number of benzene rings is 1. The molecule has 0 spiro atoms. The molecule has 12 nitrogen and oxygen atoms in total. The molecule has 3 aromatic rings. The van der Waals surface area contributed by atoms with E-state index in [1.165, 1.54) is 18.2 Å². The Morgan fingerprint density at radius 3 is 2.62 bits per heavy atom. The van der Waals surface area contributed by atoms with Crippen molar-refractivity contribution in [3.63, 3.8) is 0 Å². The first kappa shape index (κ1) is 25.9. The van der Waals surface area contributed by atoms with Gasteiger partial charge < -0.3 is 25.4 Å². The van der Waals surface area contributed by atoms with Gasteiger partial charge in [0.05, 0.1) is 19.0 Å². The summed E-state index contributed by atoms with van der Waals surface area (Å²) in [6.45, 7) is 0.0795. The van der Waals surface area contributed by atoms with Gasteiger partial charge in [0.25, 0.3) is 0 Å². The smallest absolute Gasteiger partial charge is 0.326 e. The van der Waals surface area contributed by atoms with E-state index < -0.39 is 34.9 Å². The molecule has 0 saturated carbocycles. The summed E-state index contributed by atoms with van der Waals surface area (Å²) in [4.78, 5) is 37.0. The van der Waals surface area contributed by atoms with Crippen LogP contribution in [0.1, 0.15) is 12.0 Å². The highest BCUT2D eigenvalue weighted by atomic mass is 32.2. The summed E-state index contributed by atoms with van der Waals surface area (Å²) in [6.07, 6.45) is 3.03. The molecule has 1 aromatic carbocycles. The fourth-order valence-corrected chi connectivity index (χ4v) is 5.30. The zero-order valence-corrected chi connectivity index (χ0v) is 21.5. The maximum Gasteiger partial charge on any atom is 0.326 e. The Hall–Kier alpha value is -4.13. The number of carbonyl (C=O) groups is 2. The van der Waals surface area contributed by atoms with E-state index in [1.807, 2.05) is 0 Å². The van der Waals surface area contributed by atoms with Gasteiger partial charge in [-0.05, 0) is 47.7 Å². The minimum atomic E-state index is -3.19. The van der Waals surface area contributed by atoms with Crippen molar-refractivity contribution in [2.75, 3.05) is 42.7 Å².